The van der Waals surface area contributed by atoms with Crippen molar-refractivity contribution in [3.05, 3.63) is 35.3 Å². The third-order valence-electron chi connectivity index (χ3n) is 4.92. The van der Waals surface area contributed by atoms with Crippen molar-refractivity contribution in [2.24, 2.45) is 5.92 Å². The summed E-state index contributed by atoms with van der Waals surface area (Å²) >= 11 is 1.68. The minimum Gasteiger partial charge on any atom is -0.497 e. The van der Waals surface area contributed by atoms with Crippen LogP contribution in [0.15, 0.2) is 29.6 Å². The van der Waals surface area contributed by atoms with Crippen LogP contribution in [0.25, 0.3) is 10.6 Å². The van der Waals surface area contributed by atoms with Gasteiger partial charge in [-0.3, -0.25) is 9.69 Å². The van der Waals surface area contributed by atoms with E-state index < -0.39 is 0 Å². The van der Waals surface area contributed by atoms with Crippen LogP contribution < -0.4 is 10.1 Å². The molecule has 1 saturated heterocycles. The molecule has 2 aromatic rings. The summed E-state index contributed by atoms with van der Waals surface area (Å²) in [7, 11) is 1.68. The Morgan fingerprint density at radius 1 is 1.44 bits per heavy atom. The molecular weight excluding hydrogens is 358 g/mol. The Hall–Kier alpha value is -1.92. The molecule has 1 amide bonds. The number of hydrogen-bond donors (Lipinski definition) is 1. The first-order valence-corrected chi connectivity index (χ1v) is 10.6. The van der Waals surface area contributed by atoms with Crippen LogP contribution in [0.3, 0.4) is 0 Å². The SMILES string of the molecule is CCCC(=O)NCC1CCCN(Cc2csc(-c3cccc(OC)c3)n2)C1. The van der Waals surface area contributed by atoms with E-state index in [-0.39, 0.29) is 5.91 Å². The number of likely N-dealkylation sites (tertiary alicyclic amines) is 1. The van der Waals surface area contributed by atoms with E-state index in [0.29, 0.717) is 12.3 Å². The molecule has 1 atom stereocenters. The molecule has 1 unspecified atom stereocenters. The van der Waals surface area contributed by atoms with Crippen molar-refractivity contribution < 1.29 is 9.53 Å². The number of ether oxygens (including phenoxy) is 1. The molecule has 1 fully saturated rings. The molecule has 0 spiro atoms. The lowest BCUT2D eigenvalue weighted by Crippen LogP contribution is -2.40. The number of methoxy groups -OCH3 is 1. The monoisotopic (exact) mass is 387 g/mol. The van der Waals surface area contributed by atoms with E-state index in [1.54, 1.807) is 18.4 Å². The molecule has 3 rings (SSSR count). The summed E-state index contributed by atoms with van der Waals surface area (Å²) in [6, 6.07) is 8.04. The molecule has 1 aromatic heterocycles. The van der Waals surface area contributed by atoms with E-state index in [9.17, 15) is 4.79 Å². The molecule has 146 valence electrons. The number of benzene rings is 1. The van der Waals surface area contributed by atoms with Gasteiger partial charge in [0.05, 0.1) is 12.8 Å². The number of carbonyl (C=O) groups is 1. The molecular formula is C21H29N3O2S. The van der Waals surface area contributed by atoms with E-state index in [4.69, 9.17) is 9.72 Å². The summed E-state index contributed by atoms with van der Waals surface area (Å²) in [6.07, 6.45) is 3.90. The highest BCUT2D eigenvalue weighted by Gasteiger charge is 2.21. The van der Waals surface area contributed by atoms with Crippen LogP contribution in [0.4, 0.5) is 0 Å². The molecule has 0 radical (unpaired) electrons. The largest absolute Gasteiger partial charge is 0.497 e. The van der Waals surface area contributed by atoms with Gasteiger partial charge >= 0.3 is 0 Å². The fourth-order valence-corrected chi connectivity index (χ4v) is 4.34. The van der Waals surface area contributed by atoms with Gasteiger partial charge in [0.25, 0.3) is 0 Å². The standard InChI is InChI=1S/C21H29N3O2S/c1-3-6-20(25)22-12-16-7-5-10-24(13-16)14-18-15-27-21(23-18)17-8-4-9-19(11-17)26-2/h4,8-9,11,15-16H,3,5-7,10,12-14H2,1-2H3,(H,22,25). The van der Waals surface area contributed by atoms with Crippen molar-refractivity contribution in [3.63, 3.8) is 0 Å². The Bertz CT molecular complexity index is 747. The van der Waals surface area contributed by atoms with Gasteiger partial charge in [0.15, 0.2) is 0 Å². The fraction of sp³-hybridized carbons (Fsp3) is 0.524. The Morgan fingerprint density at radius 2 is 2.33 bits per heavy atom. The molecule has 2 heterocycles. The van der Waals surface area contributed by atoms with Crippen molar-refractivity contribution in [2.45, 2.75) is 39.2 Å². The average Bonchev–Trinajstić information content (AvgIpc) is 3.15. The van der Waals surface area contributed by atoms with Crippen molar-refractivity contribution in [3.8, 4) is 16.3 Å². The zero-order valence-corrected chi connectivity index (χ0v) is 17.1. The Labute approximate surface area is 165 Å². The third kappa shape index (κ3) is 5.78. The van der Waals surface area contributed by atoms with Crippen molar-refractivity contribution >= 4 is 17.2 Å². The molecule has 0 saturated carbocycles. The van der Waals surface area contributed by atoms with E-state index in [2.05, 4.69) is 21.7 Å². The summed E-state index contributed by atoms with van der Waals surface area (Å²) in [5.41, 5.74) is 2.22. The summed E-state index contributed by atoms with van der Waals surface area (Å²) in [5, 5.41) is 6.27. The van der Waals surface area contributed by atoms with E-state index in [1.807, 2.05) is 25.1 Å². The predicted octanol–water partition coefficient (Wildman–Crippen LogP) is 3.95. The highest BCUT2D eigenvalue weighted by Crippen LogP contribution is 2.28. The van der Waals surface area contributed by atoms with E-state index >= 15 is 0 Å². The van der Waals surface area contributed by atoms with Gasteiger partial charge in [0.2, 0.25) is 5.91 Å². The topological polar surface area (TPSA) is 54.5 Å². The molecule has 27 heavy (non-hydrogen) atoms. The Balaban J connectivity index is 1.54. The first kappa shape index (κ1) is 19.8. The van der Waals surface area contributed by atoms with Crippen LogP contribution in [0.2, 0.25) is 0 Å². The van der Waals surface area contributed by atoms with Crippen molar-refractivity contribution in [1.29, 1.82) is 0 Å². The van der Waals surface area contributed by atoms with Crippen molar-refractivity contribution in [1.82, 2.24) is 15.2 Å². The van der Waals surface area contributed by atoms with Crippen LogP contribution in [-0.2, 0) is 11.3 Å². The van der Waals surface area contributed by atoms with Crippen LogP contribution in [0.5, 0.6) is 5.75 Å². The molecule has 1 aliphatic heterocycles. The maximum Gasteiger partial charge on any atom is 0.219 e. The van der Waals surface area contributed by atoms with Gasteiger partial charge in [0.1, 0.15) is 10.8 Å². The predicted molar refractivity (Wildman–Crippen MR) is 110 cm³/mol. The van der Waals surface area contributed by atoms with Gasteiger partial charge in [-0.1, -0.05) is 19.1 Å². The number of thiazole rings is 1. The van der Waals surface area contributed by atoms with Gasteiger partial charge in [-0.25, -0.2) is 4.98 Å². The van der Waals surface area contributed by atoms with E-state index in [0.717, 1.165) is 54.6 Å². The lowest BCUT2D eigenvalue weighted by atomic mass is 9.98. The maximum atomic E-state index is 11.7. The maximum absolute atomic E-state index is 11.7. The molecule has 1 aliphatic rings. The summed E-state index contributed by atoms with van der Waals surface area (Å²) in [6.45, 7) is 5.83. The minimum atomic E-state index is 0.178. The number of hydrogen-bond acceptors (Lipinski definition) is 5. The van der Waals surface area contributed by atoms with Gasteiger partial charge in [-0.05, 0) is 43.9 Å². The second-order valence-electron chi connectivity index (χ2n) is 7.17. The number of piperidine rings is 1. The summed E-state index contributed by atoms with van der Waals surface area (Å²) in [4.78, 5) is 19.0. The zero-order valence-electron chi connectivity index (χ0n) is 16.2. The Kier molecular flexibility index (Phi) is 7.24. The van der Waals surface area contributed by atoms with Crippen LogP contribution in [0.1, 0.15) is 38.3 Å². The Morgan fingerprint density at radius 3 is 3.15 bits per heavy atom. The average molecular weight is 388 g/mol. The van der Waals surface area contributed by atoms with Gasteiger partial charge < -0.3 is 10.1 Å². The smallest absolute Gasteiger partial charge is 0.219 e. The summed E-state index contributed by atoms with van der Waals surface area (Å²) in [5.74, 6) is 1.57. The molecule has 6 heteroatoms. The highest BCUT2D eigenvalue weighted by molar-refractivity contribution is 7.13. The van der Waals surface area contributed by atoms with Gasteiger partial charge in [-0.2, -0.15) is 0 Å². The molecule has 1 N–H and O–H groups in total. The number of amides is 1. The fourth-order valence-electron chi connectivity index (χ4n) is 3.53. The minimum absolute atomic E-state index is 0.178. The molecule has 5 nitrogen and oxygen atoms in total. The van der Waals surface area contributed by atoms with Crippen LogP contribution in [-0.4, -0.2) is 42.5 Å². The lowest BCUT2D eigenvalue weighted by Gasteiger charge is -2.32. The van der Waals surface area contributed by atoms with Crippen molar-refractivity contribution in [2.75, 3.05) is 26.7 Å². The van der Waals surface area contributed by atoms with E-state index in [1.165, 1.54) is 12.8 Å². The number of aromatic nitrogens is 1. The zero-order chi connectivity index (χ0) is 19.1. The number of nitrogens with zero attached hydrogens (tertiary/aromatic N) is 2. The van der Waals surface area contributed by atoms with Gasteiger partial charge in [-0.15, -0.1) is 11.3 Å². The van der Waals surface area contributed by atoms with Crippen LogP contribution in [0, 0.1) is 5.92 Å². The molecule has 1 aromatic carbocycles. The second-order valence-corrected chi connectivity index (χ2v) is 8.03. The normalized spacial score (nSPS) is 17.6. The van der Waals surface area contributed by atoms with Crippen LogP contribution >= 0.6 is 11.3 Å². The molecule has 0 bridgehead atoms. The number of carbonyl (C=O) groups excluding carboxylic acids is 1. The second kappa shape index (κ2) is 9.85. The molecule has 0 aliphatic carbocycles. The summed E-state index contributed by atoms with van der Waals surface area (Å²) < 4.78 is 5.31. The third-order valence-corrected chi connectivity index (χ3v) is 5.86. The number of nitrogens with one attached hydrogen (secondary N) is 1. The van der Waals surface area contributed by atoms with Gasteiger partial charge in [0, 0.05) is 37.0 Å². The number of rotatable bonds is 8. The quantitative estimate of drug-likeness (QED) is 0.745. The highest BCUT2D eigenvalue weighted by atomic mass is 32.1. The lowest BCUT2D eigenvalue weighted by molar-refractivity contribution is -0.121. The first-order chi connectivity index (χ1) is 13.2. The first-order valence-electron chi connectivity index (χ1n) is 9.75.